The number of benzene rings is 1. The molecule has 0 radical (unpaired) electrons. The lowest BCUT2D eigenvalue weighted by atomic mass is 10.1. The smallest absolute Gasteiger partial charge is 0.248 e. The van der Waals surface area contributed by atoms with Gasteiger partial charge in [0.1, 0.15) is 5.15 Å². The van der Waals surface area contributed by atoms with E-state index >= 15 is 0 Å². The summed E-state index contributed by atoms with van der Waals surface area (Å²) in [5.41, 5.74) is 4.16. The van der Waals surface area contributed by atoms with Crippen LogP contribution in [0.3, 0.4) is 0 Å². The third-order valence-corrected chi connectivity index (χ3v) is 7.02. The van der Waals surface area contributed by atoms with Gasteiger partial charge in [-0.3, -0.25) is 4.79 Å². The predicted molar refractivity (Wildman–Crippen MR) is 108 cm³/mol. The molecule has 0 unspecified atom stereocenters. The third-order valence-electron chi connectivity index (χ3n) is 4.89. The molecule has 27 heavy (non-hydrogen) atoms. The number of aryl methyl sites for hydroxylation is 2. The van der Waals surface area contributed by atoms with Crippen LogP contribution in [0.5, 0.6) is 0 Å². The summed E-state index contributed by atoms with van der Waals surface area (Å²) >= 11 is 6.42. The highest BCUT2D eigenvalue weighted by Crippen LogP contribution is 2.30. The number of carbonyl (C=O) groups is 1. The highest BCUT2D eigenvalue weighted by Gasteiger charge is 2.31. The highest BCUT2D eigenvalue weighted by molar-refractivity contribution is 7.91. The fraction of sp³-hybridized carbons (Fsp3) is 0.368. The van der Waals surface area contributed by atoms with Crippen LogP contribution in [0, 0.1) is 20.8 Å². The number of carbonyl (C=O) groups excluding carboxylic acids is 1. The Morgan fingerprint density at radius 2 is 2.07 bits per heavy atom. The summed E-state index contributed by atoms with van der Waals surface area (Å²) in [6, 6.07) is 5.47. The van der Waals surface area contributed by atoms with E-state index in [1.807, 2.05) is 32.0 Å². The van der Waals surface area contributed by atoms with Crippen LogP contribution in [0.2, 0.25) is 5.15 Å². The SMILES string of the molecule is Cc1cccc(NC(=O)/C=C/c2c(C)nn([C@H]3CCS(=O)(=O)C3)c2Cl)c1C. The average molecular weight is 408 g/mol. The van der Waals surface area contributed by atoms with Crippen molar-refractivity contribution in [3.63, 3.8) is 0 Å². The van der Waals surface area contributed by atoms with Gasteiger partial charge in [-0.25, -0.2) is 13.1 Å². The minimum atomic E-state index is -3.03. The Labute approximate surface area is 164 Å². The Kier molecular flexibility index (Phi) is 5.44. The monoisotopic (exact) mass is 407 g/mol. The molecular weight excluding hydrogens is 386 g/mol. The number of hydrogen-bond acceptors (Lipinski definition) is 4. The second-order valence-electron chi connectivity index (χ2n) is 6.86. The molecule has 6 nitrogen and oxygen atoms in total. The van der Waals surface area contributed by atoms with Crippen molar-refractivity contribution in [2.24, 2.45) is 0 Å². The van der Waals surface area contributed by atoms with E-state index in [4.69, 9.17) is 11.6 Å². The maximum absolute atomic E-state index is 12.3. The van der Waals surface area contributed by atoms with E-state index in [0.29, 0.717) is 22.8 Å². The Balaban J connectivity index is 1.77. The summed E-state index contributed by atoms with van der Waals surface area (Å²) in [6.07, 6.45) is 3.53. The molecule has 1 aromatic carbocycles. The number of amides is 1. The fourth-order valence-corrected chi connectivity index (χ4v) is 5.22. The first-order chi connectivity index (χ1) is 12.7. The number of aromatic nitrogens is 2. The zero-order chi connectivity index (χ0) is 19.8. The summed E-state index contributed by atoms with van der Waals surface area (Å²) in [4.78, 5) is 12.3. The van der Waals surface area contributed by atoms with Gasteiger partial charge < -0.3 is 5.32 Å². The largest absolute Gasteiger partial charge is 0.322 e. The van der Waals surface area contributed by atoms with E-state index in [1.54, 1.807) is 17.7 Å². The van der Waals surface area contributed by atoms with E-state index in [9.17, 15) is 13.2 Å². The number of anilines is 1. The number of rotatable bonds is 4. The summed E-state index contributed by atoms with van der Waals surface area (Å²) in [6.45, 7) is 5.73. The molecule has 1 fully saturated rings. The predicted octanol–water partition coefficient (Wildman–Crippen LogP) is 3.47. The van der Waals surface area contributed by atoms with Gasteiger partial charge in [-0.05, 0) is 50.5 Å². The topological polar surface area (TPSA) is 81.1 Å². The van der Waals surface area contributed by atoms with Crippen LogP contribution in [-0.2, 0) is 14.6 Å². The van der Waals surface area contributed by atoms with Gasteiger partial charge in [0, 0.05) is 17.3 Å². The Morgan fingerprint density at radius 3 is 2.74 bits per heavy atom. The van der Waals surface area contributed by atoms with E-state index < -0.39 is 9.84 Å². The molecular formula is C19H22ClN3O3S. The Bertz CT molecular complexity index is 1030. The molecule has 1 aromatic heterocycles. The lowest BCUT2D eigenvalue weighted by Gasteiger charge is -2.09. The third kappa shape index (κ3) is 4.25. The minimum Gasteiger partial charge on any atom is -0.322 e. The molecule has 1 aliphatic rings. The van der Waals surface area contributed by atoms with Crippen LogP contribution in [0.1, 0.15) is 34.8 Å². The van der Waals surface area contributed by atoms with Crippen LogP contribution >= 0.6 is 11.6 Å². The van der Waals surface area contributed by atoms with E-state index in [1.165, 1.54) is 6.08 Å². The maximum Gasteiger partial charge on any atom is 0.248 e. The Hall–Kier alpha value is -2.12. The van der Waals surface area contributed by atoms with Crippen LogP contribution in [0.25, 0.3) is 6.08 Å². The molecule has 1 N–H and O–H groups in total. The second-order valence-corrected chi connectivity index (χ2v) is 9.45. The van der Waals surface area contributed by atoms with Gasteiger partial charge in [0.2, 0.25) is 5.91 Å². The lowest BCUT2D eigenvalue weighted by Crippen LogP contribution is -2.12. The number of hydrogen-bond donors (Lipinski definition) is 1. The molecule has 1 atom stereocenters. The molecule has 0 spiro atoms. The second kappa shape index (κ2) is 7.48. The zero-order valence-corrected chi connectivity index (χ0v) is 17.1. The van der Waals surface area contributed by atoms with Crippen molar-refractivity contribution in [2.75, 3.05) is 16.8 Å². The van der Waals surface area contributed by atoms with Crippen molar-refractivity contribution in [1.29, 1.82) is 0 Å². The summed E-state index contributed by atoms with van der Waals surface area (Å²) in [5.74, 6) is -0.0733. The number of nitrogens with zero attached hydrogens (tertiary/aromatic N) is 2. The molecule has 1 aliphatic heterocycles. The van der Waals surface area contributed by atoms with Gasteiger partial charge in [-0.1, -0.05) is 23.7 Å². The summed E-state index contributed by atoms with van der Waals surface area (Å²) < 4.78 is 25.0. The van der Waals surface area contributed by atoms with Crippen LogP contribution in [0.15, 0.2) is 24.3 Å². The van der Waals surface area contributed by atoms with Gasteiger partial charge >= 0.3 is 0 Å². The van der Waals surface area contributed by atoms with Crippen molar-refractivity contribution < 1.29 is 13.2 Å². The minimum absolute atomic E-state index is 0.0457. The van der Waals surface area contributed by atoms with Crippen molar-refractivity contribution in [2.45, 2.75) is 33.2 Å². The molecule has 144 valence electrons. The lowest BCUT2D eigenvalue weighted by molar-refractivity contribution is -0.111. The van der Waals surface area contributed by atoms with Crippen molar-refractivity contribution in [1.82, 2.24) is 9.78 Å². The molecule has 2 aromatic rings. The number of sulfone groups is 1. The van der Waals surface area contributed by atoms with Crippen LogP contribution in [0.4, 0.5) is 5.69 Å². The van der Waals surface area contributed by atoms with Crippen LogP contribution < -0.4 is 5.32 Å². The standard InChI is InChI=1S/C19H22ClN3O3S/c1-12-5-4-6-17(13(12)2)21-18(24)8-7-16-14(3)22-23(19(16)20)15-9-10-27(25,26)11-15/h4-8,15H,9-11H2,1-3H3,(H,21,24)/b8-7+/t15-/m0/s1. The van der Waals surface area contributed by atoms with Gasteiger partial charge in [-0.2, -0.15) is 5.10 Å². The quantitative estimate of drug-likeness (QED) is 0.787. The molecule has 1 amide bonds. The fourth-order valence-electron chi connectivity index (χ4n) is 3.15. The Morgan fingerprint density at radius 1 is 1.33 bits per heavy atom. The molecule has 1 saturated heterocycles. The maximum atomic E-state index is 12.3. The first-order valence-electron chi connectivity index (χ1n) is 8.68. The van der Waals surface area contributed by atoms with Gasteiger partial charge in [0.25, 0.3) is 0 Å². The average Bonchev–Trinajstić information content (AvgIpc) is 3.09. The number of nitrogens with one attached hydrogen (secondary N) is 1. The van der Waals surface area contributed by atoms with Gasteiger partial charge in [-0.15, -0.1) is 0 Å². The number of halogens is 1. The molecule has 8 heteroatoms. The van der Waals surface area contributed by atoms with Gasteiger partial charge in [0.15, 0.2) is 9.84 Å². The molecule has 0 saturated carbocycles. The summed E-state index contributed by atoms with van der Waals surface area (Å²) in [7, 11) is -3.03. The van der Waals surface area contributed by atoms with Gasteiger partial charge in [0.05, 0.1) is 23.2 Å². The molecule has 2 heterocycles. The first-order valence-corrected chi connectivity index (χ1v) is 10.9. The van der Waals surface area contributed by atoms with Crippen LogP contribution in [-0.4, -0.2) is 35.6 Å². The molecule has 0 aliphatic carbocycles. The molecule has 3 rings (SSSR count). The van der Waals surface area contributed by atoms with Crippen molar-refractivity contribution in [3.8, 4) is 0 Å². The van der Waals surface area contributed by atoms with Crippen molar-refractivity contribution >= 4 is 39.1 Å². The van der Waals surface area contributed by atoms with Crippen molar-refractivity contribution in [3.05, 3.63) is 51.8 Å². The van der Waals surface area contributed by atoms with E-state index in [0.717, 1.165) is 16.8 Å². The molecule has 0 bridgehead atoms. The normalized spacial score (nSPS) is 18.9. The van der Waals surface area contributed by atoms with E-state index in [-0.39, 0.29) is 23.5 Å². The first kappa shape index (κ1) is 19.6. The highest BCUT2D eigenvalue weighted by atomic mass is 35.5. The van der Waals surface area contributed by atoms with E-state index in [2.05, 4.69) is 10.4 Å². The zero-order valence-electron chi connectivity index (χ0n) is 15.5. The summed E-state index contributed by atoms with van der Waals surface area (Å²) in [5, 5.41) is 7.59.